The summed E-state index contributed by atoms with van der Waals surface area (Å²) in [4.78, 5) is 13.2. The Labute approximate surface area is 97.2 Å². The molecular weight excluding hydrogens is 224 g/mol. The van der Waals surface area contributed by atoms with E-state index in [1.165, 1.54) is 9.75 Å². The van der Waals surface area contributed by atoms with Gasteiger partial charge in [-0.15, -0.1) is 11.3 Å². The van der Waals surface area contributed by atoms with Gasteiger partial charge in [0, 0.05) is 22.4 Å². The van der Waals surface area contributed by atoms with E-state index >= 15 is 0 Å². The van der Waals surface area contributed by atoms with Gasteiger partial charge in [0.1, 0.15) is 0 Å². The summed E-state index contributed by atoms with van der Waals surface area (Å²) in [6.07, 6.45) is 0. The molecule has 0 fully saturated rings. The summed E-state index contributed by atoms with van der Waals surface area (Å²) in [7, 11) is 1.76. The fourth-order valence-electron chi connectivity index (χ4n) is 1.71. The Morgan fingerprint density at radius 3 is 2.56 bits per heavy atom. The van der Waals surface area contributed by atoms with Crippen LogP contribution in [0.15, 0.2) is 12.1 Å². The molecule has 84 valence electrons. The van der Waals surface area contributed by atoms with Crippen molar-refractivity contribution >= 4 is 17.3 Å². The predicted molar refractivity (Wildman–Crippen MR) is 63.0 cm³/mol. The zero-order chi connectivity index (χ0) is 11.9. The lowest BCUT2D eigenvalue weighted by atomic mass is 10.1. The van der Waals surface area contributed by atoms with E-state index in [4.69, 9.17) is 5.11 Å². The van der Waals surface area contributed by atoms with E-state index in [0.29, 0.717) is 0 Å². The predicted octanol–water partition coefficient (Wildman–Crippen LogP) is 2.46. The maximum atomic E-state index is 10.8. The summed E-state index contributed by atoms with van der Waals surface area (Å²) in [6.45, 7) is 4.07. The number of rotatable bonds is 2. The fourth-order valence-corrected chi connectivity index (χ4v) is 2.64. The van der Waals surface area contributed by atoms with Gasteiger partial charge in [-0.05, 0) is 26.0 Å². The number of hydrogen-bond donors (Lipinski definition) is 1. The number of aromatic carboxylic acids is 1. The summed E-state index contributed by atoms with van der Waals surface area (Å²) in [5, 5.41) is 12.8. The summed E-state index contributed by atoms with van der Waals surface area (Å²) in [5.74, 6) is -0.994. The summed E-state index contributed by atoms with van der Waals surface area (Å²) < 4.78 is 1.61. The van der Waals surface area contributed by atoms with Crippen molar-refractivity contribution < 1.29 is 9.90 Å². The number of hydrogen-bond acceptors (Lipinski definition) is 3. The molecule has 5 heteroatoms. The molecule has 0 saturated heterocycles. The van der Waals surface area contributed by atoms with E-state index in [0.717, 1.165) is 11.3 Å². The molecule has 0 aliphatic carbocycles. The van der Waals surface area contributed by atoms with Crippen LogP contribution in [0, 0.1) is 13.8 Å². The molecule has 0 saturated carbocycles. The fraction of sp³-hybridized carbons (Fsp3) is 0.273. The average Bonchev–Trinajstić information content (AvgIpc) is 2.69. The molecule has 0 aliphatic heterocycles. The van der Waals surface area contributed by atoms with Gasteiger partial charge in [-0.2, -0.15) is 5.10 Å². The zero-order valence-corrected chi connectivity index (χ0v) is 10.1. The van der Waals surface area contributed by atoms with Gasteiger partial charge in [-0.1, -0.05) is 0 Å². The van der Waals surface area contributed by atoms with Crippen LogP contribution in [0.25, 0.3) is 11.3 Å². The normalized spacial score (nSPS) is 10.7. The number of thiophene rings is 1. The minimum Gasteiger partial charge on any atom is -0.476 e. The van der Waals surface area contributed by atoms with Crippen LogP contribution in [0.1, 0.15) is 20.2 Å². The second-order valence-corrected chi connectivity index (χ2v) is 5.13. The highest BCUT2D eigenvalue weighted by atomic mass is 32.1. The van der Waals surface area contributed by atoms with E-state index in [9.17, 15) is 4.79 Å². The molecule has 0 aliphatic rings. The first kappa shape index (κ1) is 10.9. The molecule has 1 N–H and O–H groups in total. The Balaban J connectivity index is 2.56. The first-order valence-electron chi connectivity index (χ1n) is 4.84. The summed E-state index contributed by atoms with van der Waals surface area (Å²) in [5.41, 5.74) is 1.99. The van der Waals surface area contributed by atoms with E-state index in [1.54, 1.807) is 29.1 Å². The molecule has 0 aromatic carbocycles. The van der Waals surface area contributed by atoms with Crippen LogP contribution in [0.4, 0.5) is 0 Å². The lowest BCUT2D eigenvalue weighted by Crippen LogP contribution is -1.99. The monoisotopic (exact) mass is 236 g/mol. The summed E-state index contributed by atoms with van der Waals surface area (Å²) >= 11 is 1.70. The Hall–Kier alpha value is -1.62. The highest BCUT2D eigenvalue weighted by Crippen LogP contribution is 2.30. The minimum absolute atomic E-state index is 0.0840. The van der Waals surface area contributed by atoms with Gasteiger partial charge in [-0.25, -0.2) is 4.79 Å². The van der Waals surface area contributed by atoms with E-state index in [-0.39, 0.29) is 5.69 Å². The standard InChI is InChI=1S/C11H12N2O2S/c1-6-4-8(7(2)16-6)10-5-9(11(14)15)12-13(10)3/h4-5H,1-3H3,(H,14,15). The highest BCUT2D eigenvalue weighted by Gasteiger charge is 2.15. The van der Waals surface area contributed by atoms with Crippen molar-refractivity contribution in [2.24, 2.45) is 7.05 Å². The lowest BCUT2D eigenvalue weighted by Gasteiger charge is -1.99. The van der Waals surface area contributed by atoms with Gasteiger partial charge in [0.05, 0.1) is 5.69 Å². The van der Waals surface area contributed by atoms with E-state index in [2.05, 4.69) is 11.2 Å². The third-order valence-corrected chi connectivity index (χ3v) is 3.38. The molecule has 2 aromatic rings. The third kappa shape index (κ3) is 1.74. The Bertz CT molecular complexity index is 554. The number of carbonyl (C=O) groups is 1. The van der Waals surface area contributed by atoms with Crippen LogP contribution in [0.3, 0.4) is 0 Å². The average molecular weight is 236 g/mol. The van der Waals surface area contributed by atoms with Gasteiger partial charge in [0.15, 0.2) is 5.69 Å². The van der Waals surface area contributed by atoms with Crippen LogP contribution in [-0.4, -0.2) is 20.9 Å². The maximum Gasteiger partial charge on any atom is 0.356 e. The smallest absolute Gasteiger partial charge is 0.356 e. The van der Waals surface area contributed by atoms with Crippen molar-refractivity contribution in [1.82, 2.24) is 9.78 Å². The molecular formula is C11H12N2O2S. The molecule has 2 heterocycles. The molecule has 0 radical (unpaired) electrons. The Kier molecular flexibility index (Phi) is 2.55. The lowest BCUT2D eigenvalue weighted by molar-refractivity contribution is 0.0689. The zero-order valence-electron chi connectivity index (χ0n) is 9.31. The molecule has 4 nitrogen and oxygen atoms in total. The number of nitrogens with zero attached hydrogens (tertiary/aromatic N) is 2. The van der Waals surface area contributed by atoms with Crippen molar-refractivity contribution in [2.45, 2.75) is 13.8 Å². The van der Waals surface area contributed by atoms with E-state index in [1.807, 2.05) is 13.8 Å². The molecule has 2 rings (SSSR count). The van der Waals surface area contributed by atoms with Gasteiger partial charge < -0.3 is 5.11 Å². The SMILES string of the molecule is Cc1cc(-c2cc(C(=O)O)nn2C)c(C)s1. The molecule has 2 aromatic heterocycles. The Morgan fingerprint density at radius 2 is 2.12 bits per heavy atom. The van der Waals surface area contributed by atoms with Gasteiger partial charge >= 0.3 is 5.97 Å². The third-order valence-electron chi connectivity index (χ3n) is 2.42. The molecule has 0 unspecified atom stereocenters. The Morgan fingerprint density at radius 1 is 1.44 bits per heavy atom. The van der Waals surface area contributed by atoms with Crippen molar-refractivity contribution in [3.63, 3.8) is 0 Å². The van der Waals surface area contributed by atoms with Crippen molar-refractivity contribution in [2.75, 3.05) is 0 Å². The van der Waals surface area contributed by atoms with Crippen LogP contribution in [0.5, 0.6) is 0 Å². The first-order valence-corrected chi connectivity index (χ1v) is 5.65. The summed E-state index contributed by atoms with van der Waals surface area (Å²) in [6, 6.07) is 3.67. The number of aromatic nitrogens is 2. The molecule has 0 amide bonds. The topological polar surface area (TPSA) is 55.1 Å². The van der Waals surface area contributed by atoms with Gasteiger partial charge in [-0.3, -0.25) is 4.68 Å². The molecule has 0 bridgehead atoms. The quantitative estimate of drug-likeness (QED) is 0.871. The van der Waals surface area contributed by atoms with Crippen molar-refractivity contribution in [3.8, 4) is 11.3 Å². The van der Waals surface area contributed by atoms with Gasteiger partial charge in [0.2, 0.25) is 0 Å². The molecule has 0 atom stereocenters. The second-order valence-electron chi connectivity index (χ2n) is 3.67. The molecule has 16 heavy (non-hydrogen) atoms. The highest BCUT2D eigenvalue weighted by molar-refractivity contribution is 7.12. The second kappa shape index (κ2) is 3.75. The van der Waals surface area contributed by atoms with E-state index < -0.39 is 5.97 Å². The number of aryl methyl sites for hydroxylation is 3. The van der Waals surface area contributed by atoms with Gasteiger partial charge in [0.25, 0.3) is 0 Å². The van der Waals surface area contributed by atoms with Crippen molar-refractivity contribution in [3.05, 3.63) is 27.6 Å². The van der Waals surface area contributed by atoms with Crippen LogP contribution in [-0.2, 0) is 7.05 Å². The largest absolute Gasteiger partial charge is 0.476 e. The maximum absolute atomic E-state index is 10.8. The minimum atomic E-state index is -0.994. The van der Waals surface area contributed by atoms with Crippen LogP contribution >= 0.6 is 11.3 Å². The first-order chi connectivity index (χ1) is 7.49. The van der Waals surface area contributed by atoms with Crippen molar-refractivity contribution in [1.29, 1.82) is 0 Å². The van der Waals surface area contributed by atoms with Crippen LogP contribution < -0.4 is 0 Å². The number of carboxylic acids is 1. The van der Waals surface area contributed by atoms with Crippen LogP contribution in [0.2, 0.25) is 0 Å². The molecule has 0 spiro atoms. The number of carboxylic acid groups (broad SMARTS) is 1.